The summed E-state index contributed by atoms with van der Waals surface area (Å²) in [6.07, 6.45) is 3.39. The van der Waals surface area contributed by atoms with Crippen LogP contribution in [0.1, 0.15) is 85.0 Å². The van der Waals surface area contributed by atoms with Gasteiger partial charge in [0, 0.05) is 50.8 Å². The zero-order valence-electron chi connectivity index (χ0n) is 24.6. The number of amides is 2. The largest absolute Gasteiger partial charge is 0.393 e. The minimum atomic E-state index is -4.39. The molecular weight excluding hydrogens is 577 g/mol. The van der Waals surface area contributed by atoms with E-state index in [1.165, 1.54) is 6.42 Å². The van der Waals surface area contributed by atoms with Gasteiger partial charge in [-0.1, -0.05) is 0 Å². The van der Waals surface area contributed by atoms with E-state index in [0.29, 0.717) is 73.0 Å². The number of nitrogens with zero attached hydrogens (tertiary/aromatic N) is 6. The number of ether oxygens (including phenoxy) is 1. The lowest BCUT2D eigenvalue weighted by atomic mass is 9.84. The van der Waals surface area contributed by atoms with Crippen molar-refractivity contribution in [3.63, 3.8) is 0 Å². The standard InChI is InChI=1S/C30H37F3N8O3/c1-2-40-24(3-6-35-40)28(43)37-26(19-10-17-9-18(17)11-19)23-15-41-29(36-23)38-25(16-4-7-44-8-5-16)22(39-41)13-20-12-21(30(31,32)33)14-34-27(20)42/h3,6,15-21,26H,2,4-5,7-14H2,1H3,(H,34,42)(H,37,43)/t17-,18+,19?,20-,21-,26+/m1/s1. The molecule has 7 rings (SSSR count). The molecule has 44 heavy (non-hydrogen) atoms. The number of hydrogen-bond donors (Lipinski definition) is 2. The molecule has 2 aliphatic carbocycles. The Labute approximate surface area is 252 Å². The number of alkyl halides is 3. The van der Waals surface area contributed by atoms with E-state index < -0.39 is 30.5 Å². The lowest BCUT2D eigenvalue weighted by Crippen LogP contribution is -2.47. The number of hydrogen-bond acceptors (Lipinski definition) is 7. The molecule has 1 unspecified atom stereocenters. The van der Waals surface area contributed by atoms with Gasteiger partial charge < -0.3 is 15.4 Å². The molecule has 3 aromatic rings. The van der Waals surface area contributed by atoms with Gasteiger partial charge in [-0.3, -0.25) is 14.3 Å². The Hall–Kier alpha value is -3.55. The number of rotatable bonds is 8. The van der Waals surface area contributed by atoms with E-state index in [1.807, 2.05) is 6.92 Å². The van der Waals surface area contributed by atoms with E-state index in [1.54, 1.807) is 27.7 Å². The summed E-state index contributed by atoms with van der Waals surface area (Å²) >= 11 is 0. The molecule has 11 nitrogen and oxygen atoms in total. The van der Waals surface area contributed by atoms with Crippen molar-refractivity contribution in [2.75, 3.05) is 19.8 Å². The van der Waals surface area contributed by atoms with Crippen LogP contribution in [0.15, 0.2) is 18.5 Å². The molecule has 4 aliphatic rings. The Morgan fingerprint density at radius 1 is 1.16 bits per heavy atom. The maximum atomic E-state index is 13.6. The van der Waals surface area contributed by atoms with Gasteiger partial charge in [0.05, 0.1) is 35.2 Å². The molecule has 4 fully saturated rings. The number of halogens is 3. The fraction of sp³-hybridized carbons (Fsp3) is 0.667. The molecule has 2 saturated carbocycles. The average Bonchev–Trinajstić information content (AvgIpc) is 3.37. The SMILES string of the molecule is CCn1nccc1C(=O)N[C@H](c1cn2nc(C[C@H]3C[C@@H](C(F)(F)F)CNC3=O)c(C3CCOCC3)nc2n1)C1C[C@@H]2C[C@@H]2C1. The Bertz CT molecular complexity index is 1540. The van der Waals surface area contributed by atoms with E-state index in [-0.39, 0.29) is 36.6 Å². The van der Waals surface area contributed by atoms with Crippen LogP contribution < -0.4 is 10.6 Å². The van der Waals surface area contributed by atoms with Gasteiger partial charge in [0.2, 0.25) is 5.91 Å². The van der Waals surface area contributed by atoms with Crippen LogP contribution in [-0.2, 0) is 22.5 Å². The van der Waals surface area contributed by atoms with E-state index in [9.17, 15) is 22.8 Å². The first-order valence-corrected chi connectivity index (χ1v) is 15.7. The highest BCUT2D eigenvalue weighted by atomic mass is 19.4. The molecule has 0 aromatic carbocycles. The predicted molar refractivity (Wildman–Crippen MR) is 150 cm³/mol. The molecule has 2 aliphatic heterocycles. The van der Waals surface area contributed by atoms with Gasteiger partial charge in [0.1, 0.15) is 5.69 Å². The van der Waals surface area contributed by atoms with Crippen molar-refractivity contribution in [1.82, 2.24) is 40.0 Å². The topological polar surface area (TPSA) is 128 Å². The monoisotopic (exact) mass is 614 g/mol. The molecule has 6 atom stereocenters. The summed E-state index contributed by atoms with van der Waals surface area (Å²) in [4.78, 5) is 35.9. The van der Waals surface area contributed by atoms with Gasteiger partial charge in [-0.05, 0) is 69.3 Å². The van der Waals surface area contributed by atoms with E-state index >= 15 is 0 Å². The summed E-state index contributed by atoms with van der Waals surface area (Å²) in [5.41, 5.74) is 2.29. The Balaban J connectivity index is 1.23. The van der Waals surface area contributed by atoms with Crippen LogP contribution >= 0.6 is 0 Å². The second kappa shape index (κ2) is 11.4. The van der Waals surface area contributed by atoms with Gasteiger partial charge in [0.15, 0.2) is 0 Å². The zero-order valence-corrected chi connectivity index (χ0v) is 24.6. The number of carbonyl (C=O) groups is 2. The Morgan fingerprint density at radius 3 is 2.66 bits per heavy atom. The van der Waals surface area contributed by atoms with E-state index in [4.69, 9.17) is 19.8 Å². The van der Waals surface area contributed by atoms with Gasteiger partial charge in [-0.15, -0.1) is 0 Å². The van der Waals surface area contributed by atoms with Crippen molar-refractivity contribution in [2.24, 2.45) is 29.6 Å². The third-order valence-corrected chi connectivity index (χ3v) is 10.0. The fourth-order valence-electron chi connectivity index (χ4n) is 7.50. The molecule has 2 amide bonds. The number of piperidine rings is 1. The quantitative estimate of drug-likeness (QED) is 0.397. The summed E-state index contributed by atoms with van der Waals surface area (Å²) in [5.74, 6) is -1.15. The van der Waals surface area contributed by atoms with Crippen molar-refractivity contribution in [2.45, 2.75) is 76.6 Å². The van der Waals surface area contributed by atoms with Crippen LogP contribution in [0.3, 0.4) is 0 Å². The van der Waals surface area contributed by atoms with Gasteiger partial charge in [-0.25, -0.2) is 14.5 Å². The normalized spacial score (nSPS) is 28.1. The van der Waals surface area contributed by atoms with Crippen molar-refractivity contribution < 1.29 is 27.5 Å². The maximum absolute atomic E-state index is 13.6. The third kappa shape index (κ3) is 5.68. The van der Waals surface area contributed by atoms with Crippen molar-refractivity contribution in [3.05, 3.63) is 41.2 Å². The van der Waals surface area contributed by atoms with Gasteiger partial charge in [-0.2, -0.15) is 23.4 Å². The molecule has 236 valence electrons. The van der Waals surface area contributed by atoms with Crippen molar-refractivity contribution in [3.8, 4) is 0 Å². The van der Waals surface area contributed by atoms with Crippen LogP contribution in [0.4, 0.5) is 13.2 Å². The van der Waals surface area contributed by atoms with Crippen molar-refractivity contribution in [1.29, 1.82) is 0 Å². The number of imidazole rings is 1. The number of aryl methyl sites for hydroxylation is 1. The van der Waals surface area contributed by atoms with Gasteiger partial charge in [0.25, 0.3) is 11.7 Å². The second-order valence-electron chi connectivity index (χ2n) is 12.8. The lowest BCUT2D eigenvalue weighted by molar-refractivity contribution is -0.183. The maximum Gasteiger partial charge on any atom is 0.393 e. The van der Waals surface area contributed by atoms with Crippen LogP contribution in [0.25, 0.3) is 5.78 Å². The fourth-order valence-corrected chi connectivity index (χ4v) is 7.50. The molecule has 2 N–H and O–H groups in total. The van der Waals surface area contributed by atoms with E-state index in [0.717, 1.165) is 12.8 Å². The minimum absolute atomic E-state index is 0.00626. The molecule has 14 heteroatoms. The third-order valence-electron chi connectivity index (χ3n) is 10.0. The molecule has 3 aromatic heterocycles. The van der Waals surface area contributed by atoms with Crippen LogP contribution in [0, 0.1) is 29.6 Å². The smallest absolute Gasteiger partial charge is 0.381 e. The number of nitrogens with one attached hydrogen (secondary N) is 2. The first-order valence-electron chi connectivity index (χ1n) is 15.7. The summed E-state index contributed by atoms with van der Waals surface area (Å²) in [5, 5.41) is 14.8. The molecule has 0 spiro atoms. The van der Waals surface area contributed by atoms with Gasteiger partial charge >= 0.3 is 6.18 Å². The number of carbonyl (C=O) groups excluding carboxylic acids is 2. The Morgan fingerprint density at radius 2 is 1.93 bits per heavy atom. The minimum Gasteiger partial charge on any atom is -0.381 e. The predicted octanol–water partition coefficient (Wildman–Crippen LogP) is 3.61. The van der Waals surface area contributed by atoms with Crippen molar-refractivity contribution >= 4 is 17.6 Å². The summed E-state index contributed by atoms with van der Waals surface area (Å²) in [7, 11) is 0. The molecule has 0 radical (unpaired) electrons. The van der Waals surface area contributed by atoms with E-state index in [2.05, 4.69) is 15.7 Å². The highest BCUT2D eigenvalue weighted by Crippen LogP contribution is 2.57. The first-order chi connectivity index (χ1) is 21.2. The molecular formula is C30H37F3N8O3. The van der Waals surface area contributed by atoms with Crippen LogP contribution in [0.2, 0.25) is 0 Å². The average molecular weight is 615 g/mol. The molecule has 0 bridgehead atoms. The van der Waals surface area contributed by atoms with Crippen LogP contribution in [-0.4, -0.2) is 67.1 Å². The summed E-state index contributed by atoms with van der Waals surface area (Å²) in [6, 6.07) is 1.34. The second-order valence-corrected chi connectivity index (χ2v) is 12.8. The van der Waals surface area contributed by atoms with Crippen LogP contribution in [0.5, 0.6) is 0 Å². The number of aromatic nitrogens is 6. The highest BCUT2D eigenvalue weighted by molar-refractivity contribution is 5.92. The first kappa shape index (κ1) is 29.2. The zero-order chi connectivity index (χ0) is 30.6. The Kier molecular flexibility index (Phi) is 7.58. The molecule has 2 saturated heterocycles. The lowest BCUT2D eigenvalue weighted by Gasteiger charge is -2.31. The molecule has 5 heterocycles. The number of fused-ring (bicyclic) bond motifs is 2. The summed E-state index contributed by atoms with van der Waals surface area (Å²) < 4.78 is 49.5. The highest BCUT2D eigenvalue weighted by Gasteiger charge is 2.49. The summed E-state index contributed by atoms with van der Waals surface area (Å²) in [6.45, 7) is 3.18.